The lowest BCUT2D eigenvalue weighted by Gasteiger charge is -2.29. The summed E-state index contributed by atoms with van der Waals surface area (Å²) in [6, 6.07) is 15.5. The van der Waals surface area contributed by atoms with Crippen LogP contribution in [0, 0.1) is 5.92 Å². The number of aliphatic carboxylic acids is 1. The van der Waals surface area contributed by atoms with Gasteiger partial charge in [0.15, 0.2) is 0 Å². The van der Waals surface area contributed by atoms with E-state index in [1.54, 1.807) is 6.92 Å². The lowest BCUT2D eigenvalue weighted by atomic mass is 9.84. The Balaban J connectivity index is 1.28. The van der Waals surface area contributed by atoms with E-state index in [4.69, 9.17) is 4.74 Å². The summed E-state index contributed by atoms with van der Waals surface area (Å²) >= 11 is 0. The number of carboxylic acids is 1. The predicted octanol–water partition coefficient (Wildman–Crippen LogP) is 4.06. The summed E-state index contributed by atoms with van der Waals surface area (Å²) in [4.78, 5) is 36.2. The fourth-order valence-corrected chi connectivity index (χ4v) is 5.04. The van der Waals surface area contributed by atoms with Gasteiger partial charge in [-0.3, -0.25) is 9.59 Å². The van der Waals surface area contributed by atoms with E-state index in [1.165, 1.54) is 0 Å². The van der Waals surface area contributed by atoms with Gasteiger partial charge in [-0.15, -0.1) is 0 Å². The average molecular weight is 451 g/mol. The van der Waals surface area contributed by atoms with Gasteiger partial charge in [-0.05, 0) is 42.0 Å². The highest BCUT2D eigenvalue weighted by Crippen LogP contribution is 2.44. The quantitative estimate of drug-likeness (QED) is 0.590. The van der Waals surface area contributed by atoms with Crippen LogP contribution < -0.4 is 10.6 Å². The van der Waals surface area contributed by atoms with Crippen LogP contribution in [0.25, 0.3) is 11.1 Å². The Hall–Kier alpha value is -3.35. The summed E-state index contributed by atoms with van der Waals surface area (Å²) in [7, 11) is 0. The number of fused-ring (bicyclic) bond motifs is 3. The molecule has 0 radical (unpaired) electrons. The van der Waals surface area contributed by atoms with Gasteiger partial charge >= 0.3 is 12.1 Å². The van der Waals surface area contributed by atoms with Gasteiger partial charge in [-0.2, -0.15) is 0 Å². The van der Waals surface area contributed by atoms with Crippen LogP contribution in [0.3, 0.4) is 0 Å². The number of carbonyl (C=O) groups is 3. The molecule has 2 aliphatic rings. The summed E-state index contributed by atoms with van der Waals surface area (Å²) in [5.74, 6) is -1.71. The third-order valence-electron chi connectivity index (χ3n) is 6.63. The largest absolute Gasteiger partial charge is 0.481 e. The molecule has 1 saturated carbocycles. The molecule has 0 heterocycles. The highest BCUT2D eigenvalue weighted by Gasteiger charge is 2.32. The average Bonchev–Trinajstić information content (AvgIpc) is 3.11. The molecule has 2 aromatic carbocycles. The molecule has 2 aliphatic carbocycles. The van der Waals surface area contributed by atoms with E-state index < -0.39 is 24.0 Å². The zero-order valence-electron chi connectivity index (χ0n) is 18.8. The molecule has 33 heavy (non-hydrogen) atoms. The molecule has 0 saturated heterocycles. The molecule has 174 valence electrons. The Kier molecular flexibility index (Phi) is 6.96. The van der Waals surface area contributed by atoms with Crippen LogP contribution in [0.15, 0.2) is 48.5 Å². The van der Waals surface area contributed by atoms with E-state index in [0.717, 1.165) is 35.1 Å². The number of hydrogen-bond acceptors (Lipinski definition) is 4. The monoisotopic (exact) mass is 450 g/mol. The molecule has 3 atom stereocenters. The lowest BCUT2D eigenvalue weighted by molar-refractivity contribution is -0.144. The smallest absolute Gasteiger partial charge is 0.407 e. The van der Waals surface area contributed by atoms with Crippen LogP contribution in [-0.2, 0) is 14.3 Å². The molecule has 4 rings (SSSR count). The van der Waals surface area contributed by atoms with Crippen molar-refractivity contribution in [2.24, 2.45) is 5.92 Å². The second kappa shape index (κ2) is 10.1. The van der Waals surface area contributed by atoms with E-state index >= 15 is 0 Å². The zero-order chi connectivity index (χ0) is 23.4. The van der Waals surface area contributed by atoms with Crippen LogP contribution in [0.1, 0.15) is 56.1 Å². The zero-order valence-corrected chi connectivity index (χ0v) is 18.8. The first-order valence-corrected chi connectivity index (χ1v) is 11.6. The maximum atomic E-state index is 12.4. The van der Waals surface area contributed by atoms with E-state index in [-0.39, 0.29) is 30.9 Å². The van der Waals surface area contributed by atoms with Crippen LogP contribution in [0.4, 0.5) is 4.79 Å². The number of amides is 2. The van der Waals surface area contributed by atoms with Crippen molar-refractivity contribution in [3.63, 3.8) is 0 Å². The molecule has 1 unspecified atom stereocenters. The van der Waals surface area contributed by atoms with Crippen molar-refractivity contribution in [2.45, 2.75) is 57.0 Å². The molecule has 3 N–H and O–H groups in total. The summed E-state index contributed by atoms with van der Waals surface area (Å²) in [6.07, 6.45) is 2.50. The predicted molar refractivity (Wildman–Crippen MR) is 124 cm³/mol. The number of nitrogens with one attached hydrogen (secondary N) is 2. The number of hydrogen-bond donors (Lipinski definition) is 3. The normalized spacial score (nSPS) is 20.3. The highest BCUT2D eigenvalue weighted by molar-refractivity contribution is 5.80. The van der Waals surface area contributed by atoms with E-state index in [9.17, 15) is 19.5 Å². The van der Waals surface area contributed by atoms with Gasteiger partial charge in [-0.25, -0.2) is 4.79 Å². The minimum absolute atomic E-state index is 0.0268. The first-order chi connectivity index (χ1) is 15.9. The molecule has 0 aromatic heterocycles. The Bertz CT molecular complexity index is 991. The van der Waals surface area contributed by atoms with E-state index in [2.05, 4.69) is 34.9 Å². The van der Waals surface area contributed by atoms with Crippen molar-refractivity contribution >= 4 is 18.0 Å². The van der Waals surface area contributed by atoms with Gasteiger partial charge < -0.3 is 20.5 Å². The van der Waals surface area contributed by atoms with Crippen molar-refractivity contribution < 1.29 is 24.2 Å². The van der Waals surface area contributed by atoms with Crippen molar-refractivity contribution in [1.29, 1.82) is 0 Å². The van der Waals surface area contributed by atoms with Crippen LogP contribution in [0.2, 0.25) is 0 Å². The first-order valence-electron chi connectivity index (χ1n) is 11.6. The second-order valence-corrected chi connectivity index (χ2v) is 8.98. The fourth-order valence-electron chi connectivity index (χ4n) is 5.04. The topological polar surface area (TPSA) is 105 Å². The minimum atomic E-state index is -0.871. The molecular formula is C26H30N2O5. The molecule has 0 spiro atoms. The molecular weight excluding hydrogens is 420 g/mol. The molecule has 2 amide bonds. The molecule has 1 fully saturated rings. The summed E-state index contributed by atoms with van der Waals surface area (Å²) in [6.45, 7) is 1.94. The minimum Gasteiger partial charge on any atom is -0.481 e. The number of rotatable bonds is 7. The maximum Gasteiger partial charge on any atom is 0.407 e. The van der Waals surface area contributed by atoms with Crippen molar-refractivity contribution in [3.05, 3.63) is 59.7 Å². The third kappa shape index (κ3) is 5.18. The number of alkyl carbamates (subject to hydrolysis) is 1. The summed E-state index contributed by atoms with van der Waals surface area (Å²) in [5.41, 5.74) is 4.60. The molecule has 7 heteroatoms. The van der Waals surface area contributed by atoms with Gasteiger partial charge in [0, 0.05) is 24.4 Å². The summed E-state index contributed by atoms with van der Waals surface area (Å²) in [5, 5.41) is 14.9. The Morgan fingerprint density at radius 1 is 1.00 bits per heavy atom. The van der Waals surface area contributed by atoms with E-state index in [1.807, 2.05) is 24.3 Å². The van der Waals surface area contributed by atoms with Gasteiger partial charge in [0.25, 0.3) is 0 Å². The Labute approximate surface area is 193 Å². The fraction of sp³-hybridized carbons (Fsp3) is 0.423. The third-order valence-corrected chi connectivity index (χ3v) is 6.63. The molecule has 2 aromatic rings. The number of carbonyl (C=O) groups excluding carboxylic acids is 2. The van der Waals surface area contributed by atoms with Crippen LogP contribution in [0.5, 0.6) is 0 Å². The van der Waals surface area contributed by atoms with Crippen LogP contribution in [-0.4, -0.2) is 41.8 Å². The second-order valence-electron chi connectivity index (χ2n) is 8.98. The van der Waals surface area contributed by atoms with Gasteiger partial charge in [-0.1, -0.05) is 61.4 Å². The summed E-state index contributed by atoms with van der Waals surface area (Å²) < 4.78 is 5.53. The molecule has 7 nitrogen and oxygen atoms in total. The number of benzene rings is 2. The lowest BCUT2D eigenvalue weighted by Crippen LogP contribution is -2.47. The highest BCUT2D eigenvalue weighted by atomic mass is 16.5. The Morgan fingerprint density at radius 3 is 2.24 bits per heavy atom. The van der Waals surface area contributed by atoms with Gasteiger partial charge in [0.05, 0.1) is 5.92 Å². The Morgan fingerprint density at radius 2 is 1.61 bits per heavy atom. The number of ether oxygens (including phenoxy) is 1. The number of carboxylic acid groups (broad SMARTS) is 1. The van der Waals surface area contributed by atoms with Gasteiger partial charge in [0.2, 0.25) is 5.91 Å². The standard InChI is InChI=1S/C26H30N2O5/c1-16(14-24(29)28-23-13-7-6-12-21(23)25(30)31)27-26(32)33-15-22-19-10-4-2-8-17(19)18-9-3-5-11-20(18)22/h2-5,8-11,16,21-23H,6-7,12-15H2,1H3,(H,27,32)(H,28,29)(H,30,31)/t16?,21-,23+/m0/s1. The molecule has 0 aliphatic heterocycles. The first kappa shape index (κ1) is 22.8. The van der Waals surface area contributed by atoms with E-state index in [0.29, 0.717) is 12.8 Å². The van der Waals surface area contributed by atoms with Gasteiger partial charge in [0.1, 0.15) is 6.61 Å². The van der Waals surface area contributed by atoms with Crippen LogP contribution >= 0.6 is 0 Å². The van der Waals surface area contributed by atoms with Crippen molar-refractivity contribution in [3.8, 4) is 11.1 Å². The molecule has 0 bridgehead atoms. The maximum absolute atomic E-state index is 12.4. The van der Waals surface area contributed by atoms with Crippen molar-refractivity contribution in [1.82, 2.24) is 10.6 Å². The SMILES string of the molecule is CC(CC(=O)N[C@@H]1CCCC[C@@H]1C(=O)O)NC(=O)OCC1c2ccccc2-c2ccccc21. The van der Waals surface area contributed by atoms with Crippen molar-refractivity contribution in [2.75, 3.05) is 6.61 Å².